The van der Waals surface area contributed by atoms with Crippen LogP contribution in [-0.4, -0.2) is 30.6 Å². The van der Waals surface area contributed by atoms with Gasteiger partial charge in [-0.25, -0.2) is 12.8 Å². The zero-order valence-electron chi connectivity index (χ0n) is 16.7. The van der Waals surface area contributed by atoms with E-state index in [-0.39, 0.29) is 34.4 Å². The van der Waals surface area contributed by atoms with E-state index in [4.69, 9.17) is 0 Å². The molecule has 0 spiro atoms. The summed E-state index contributed by atoms with van der Waals surface area (Å²) in [5, 5.41) is 0. The molecule has 0 bridgehead atoms. The lowest BCUT2D eigenvalue weighted by atomic mass is 10.1. The molecule has 0 saturated heterocycles. The lowest BCUT2D eigenvalue weighted by molar-refractivity contribution is 0.0786. The molecule has 7 nitrogen and oxygen atoms in total. The molecule has 11 heteroatoms. The molecule has 0 unspecified atom stereocenters. The van der Waals surface area contributed by atoms with Crippen LogP contribution in [0.4, 0.5) is 10.1 Å². The first-order valence-electron chi connectivity index (χ1n) is 9.37. The number of nitrogens with zero attached hydrogens (tertiary/aromatic N) is 2. The Balaban J connectivity index is 1.60. The van der Waals surface area contributed by atoms with Crippen molar-refractivity contribution < 1.29 is 17.6 Å². The van der Waals surface area contributed by atoms with Gasteiger partial charge in [-0.05, 0) is 48.0 Å². The smallest absolute Gasteiger partial charge is 0.264 e. The van der Waals surface area contributed by atoms with Crippen molar-refractivity contribution in [2.24, 2.45) is 0 Å². The molecule has 0 aliphatic carbocycles. The third-order valence-electron chi connectivity index (χ3n) is 4.73. The maximum Gasteiger partial charge on any atom is 0.264 e. The third kappa shape index (κ3) is 4.69. The molecular weight excluding hydrogens is 519 g/mol. The number of carbonyl (C=O) groups excluding carboxylic acids is 1. The number of rotatable bonds is 6. The zero-order valence-corrected chi connectivity index (χ0v) is 20.0. The molecule has 1 amide bonds. The van der Waals surface area contributed by atoms with E-state index in [2.05, 4.69) is 25.4 Å². The normalized spacial score (nSPS) is 14.9. The molecule has 2 N–H and O–H groups in total. The van der Waals surface area contributed by atoms with Crippen LogP contribution >= 0.6 is 28.1 Å². The van der Waals surface area contributed by atoms with Gasteiger partial charge in [-0.3, -0.25) is 13.8 Å². The number of benzene rings is 2. The van der Waals surface area contributed by atoms with Crippen LogP contribution in [0.3, 0.4) is 0 Å². The van der Waals surface area contributed by atoms with Gasteiger partial charge in [0.1, 0.15) is 10.7 Å². The second-order valence-corrected chi connectivity index (χ2v) is 10.4. The fourth-order valence-electron chi connectivity index (χ4n) is 3.19. The van der Waals surface area contributed by atoms with Gasteiger partial charge in [0.15, 0.2) is 0 Å². The first-order chi connectivity index (χ1) is 15.2. The molecule has 166 valence electrons. The maximum absolute atomic E-state index is 13.2. The van der Waals surface area contributed by atoms with Gasteiger partial charge in [0.05, 0.1) is 29.1 Å². The molecule has 2 aromatic rings. The van der Waals surface area contributed by atoms with E-state index in [1.54, 1.807) is 60.2 Å². The second kappa shape index (κ2) is 9.00. The Kier molecular flexibility index (Phi) is 6.31. The number of hydrogen-bond acceptors (Lipinski definition) is 6. The molecule has 0 aromatic heterocycles. The first-order valence-corrected chi connectivity index (χ1v) is 12.4. The number of nitrogens with one attached hydrogen (secondary N) is 2. The molecule has 0 saturated carbocycles. The van der Waals surface area contributed by atoms with Crippen molar-refractivity contribution in [2.45, 2.75) is 6.54 Å². The van der Waals surface area contributed by atoms with Gasteiger partial charge in [-0.2, -0.15) is 0 Å². The fourth-order valence-corrected chi connectivity index (χ4v) is 5.53. The summed E-state index contributed by atoms with van der Waals surface area (Å²) in [6, 6.07) is 10.6. The summed E-state index contributed by atoms with van der Waals surface area (Å²) in [6.45, 7) is 0.238. The number of carbonyl (C=O) groups is 1. The summed E-state index contributed by atoms with van der Waals surface area (Å²) in [5.41, 5.74) is 1.58. The highest BCUT2D eigenvalue weighted by Crippen LogP contribution is 2.34. The number of sulfonamides is 1. The number of fused-ring (bicyclic) bond motifs is 1. The lowest BCUT2D eigenvalue weighted by Crippen LogP contribution is -2.28. The van der Waals surface area contributed by atoms with E-state index in [0.717, 1.165) is 5.56 Å². The molecule has 2 aromatic carbocycles. The Morgan fingerprint density at radius 1 is 1.25 bits per heavy atom. The summed E-state index contributed by atoms with van der Waals surface area (Å²) in [4.78, 5) is 14.7. The Bertz CT molecular complexity index is 1260. The van der Waals surface area contributed by atoms with Gasteiger partial charge in [-0.15, -0.1) is 0 Å². The maximum atomic E-state index is 13.2. The van der Waals surface area contributed by atoms with Crippen LogP contribution in [0.5, 0.6) is 0 Å². The van der Waals surface area contributed by atoms with E-state index in [0.29, 0.717) is 10.2 Å². The van der Waals surface area contributed by atoms with Crippen molar-refractivity contribution in [1.29, 1.82) is 0 Å². The predicted octanol–water partition coefficient (Wildman–Crippen LogP) is 4.32. The van der Waals surface area contributed by atoms with Gasteiger partial charge in [0.25, 0.3) is 15.9 Å². The molecule has 2 heterocycles. The molecule has 0 fully saturated rings. The van der Waals surface area contributed by atoms with Crippen LogP contribution in [0.15, 0.2) is 82.1 Å². The highest BCUT2D eigenvalue weighted by Gasteiger charge is 2.30. The zero-order chi connectivity index (χ0) is 22.9. The second-order valence-electron chi connectivity index (χ2n) is 7.02. The Hall–Kier alpha value is -2.76. The topological polar surface area (TPSA) is 81.8 Å². The minimum atomic E-state index is -3.99. The van der Waals surface area contributed by atoms with Crippen LogP contribution in [0.25, 0.3) is 0 Å². The van der Waals surface area contributed by atoms with Crippen molar-refractivity contribution in [3.63, 3.8) is 0 Å². The fraction of sp³-hybridized carbons (Fsp3) is 0.0952. The average Bonchev–Trinajstić information content (AvgIpc) is 3.23. The number of allylic oxidation sites excluding steroid dienone is 2. The molecule has 32 heavy (non-hydrogen) atoms. The van der Waals surface area contributed by atoms with Crippen LogP contribution in [-0.2, 0) is 16.6 Å². The lowest BCUT2D eigenvalue weighted by Gasteiger charge is -2.22. The molecule has 0 radical (unpaired) electrons. The van der Waals surface area contributed by atoms with Crippen molar-refractivity contribution >= 4 is 49.7 Å². The van der Waals surface area contributed by atoms with Gasteiger partial charge in [-0.1, -0.05) is 28.1 Å². The number of halogens is 2. The highest BCUT2D eigenvalue weighted by molar-refractivity contribution is 9.10. The summed E-state index contributed by atoms with van der Waals surface area (Å²) in [7, 11) is -2.39. The molecule has 2 aliphatic heterocycles. The van der Waals surface area contributed by atoms with Crippen molar-refractivity contribution in [3.05, 3.63) is 99.0 Å². The highest BCUT2D eigenvalue weighted by atomic mass is 79.9. The van der Waals surface area contributed by atoms with Crippen LogP contribution in [0.2, 0.25) is 0 Å². The van der Waals surface area contributed by atoms with E-state index in [1.165, 1.54) is 35.2 Å². The minimum absolute atomic E-state index is 0.0792. The standard InChI is InChI=1S/C21H18BrFN4O3S2/c1-26(13-14-4-7-16(23)8-5-14)21(28)17-9-6-15(22)11-18(17)25-32(29,30)20-3-2-10-27-19(20)12-24-31-27/h2-12,24-25H,13H2,1H3. The van der Waals surface area contributed by atoms with Crippen molar-refractivity contribution in [3.8, 4) is 0 Å². The third-order valence-corrected chi connectivity index (χ3v) is 7.38. The monoisotopic (exact) mass is 536 g/mol. The predicted molar refractivity (Wildman–Crippen MR) is 127 cm³/mol. The van der Waals surface area contributed by atoms with Gasteiger partial charge in [0.2, 0.25) is 0 Å². The van der Waals surface area contributed by atoms with E-state index in [9.17, 15) is 17.6 Å². The summed E-state index contributed by atoms with van der Waals surface area (Å²) in [5.74, 6) is -0.736. The average molecular weight is 537 g/mol. The largest absolute Gasteiger partial charge is 0.337 e. The number of hydrogen-bond donors (Lipinski definition) is 2. The van der Waals surface area contributed by atoms with Crippen molar-refractivity contribution in [2.75, 3.05) is 11.8 Å². The molecule has 0 atom stereocenters. The van der Waals surface area contributed by atoms with E-state index >= 15 is 0 Å². The number of anilines is 1. The summed E-state index contributed by atoms with van der Waals surface area (Å²) < 4.78 is 47.3. The van der Waals surface area contributed by atoms with E-state index in [1.807, 2.05) is 0 Å². The number of amides is 1. The SMILES string of the molecule is CN(Cc1ccc(F)cc1)C(=O)c1ccc(Br)cc1NS(=O)(=O)C1=CC=CN2SNC=C12. The van der Waals surface area contributed by atoms with Crippen LogP contribution < -0.4 is 9.44 Å². The Morgan fingerprint density at radius 2 is 2.00 bits per heavy atom. The van der Waals surface area contributed by atoms with Gasteiger partial charge < -0.3 is 9.62 Å². The van der Waals surface area contributed by atoms with Crippen LogP contribution in [0, 0.1) is 5.82 Å². The molecule has 4 rings (SSSR count). The minimum Gasteiger partial charge on any atom is -0.337 e. The summed E-state index contributed by atoms with van der Waals surface area (Å²) in [6.07, 6.45) is 6.48. The quantitative estimate of drug-likeness (QED) is 0.535. The summed E-state index contributed by atoms with van der Waals surface area (Å²) >= 11 is 4.59. The van der Waals surface area contributed by atoms with Gasteiger partial charge >= 0.3 is 0 Å². The molecule has 2 aliphatic rings. The Labute approximate surface area is 198 Å². The van der Waals surface area contributed by atoms with Gasteiger partial charge in [0, 0.05) is 30.5 Å². The van der Waals surface area contributed by atoms with Crippen LogP contribution in [0.1, 0.15) is 15.9 Å². The first kappa shape index (κ1) is 22.4. The Morgan fingerprint density at radius 3 is 2.75 bits per heavy atom. The van der Waals surface area contributed by atoms with Crippen molar-refractivity contribution in [1.82, 2.24) is 13.9 Å². The molecular formula is C21H18BrFN4O3S2. The van der Waals surface area contributed by atoms with E-state index < -0.39 is 10.0 Å².